The van der Waals surface area contributed by atoms with Crippen molar-refractivity contribution in [2.45, 2.75) is 44.4 Å². The summed E-state index contributed by atoms with van der Waals surface area (Å²) in [6.07, 6.45) is 1.36. The maximum absolute atomic E-state index is 12.9. The van der Waals surface area contributed by atoms with Gasteiger partial charge in [0.25, 0.3) is 0 Å². The maximum atomic E-state index is 12.9. The van der Waals surface area contributed by atoms with Crippen molar-refractivity contribution in [2.75, 3.05) is 39.3 Å². The highest BCUT2D eigenvalue weighted by Crippen LogP contribution is 2.29. The Morgan fingerprint density at radius 3 is 2.75 bits per heavy atom. The van der Waals surface area contributed by atoms with E-state index < -0.39 is 11.9 Å². The standard InChI is InChI=1S/C23H28F3N5O/c24-23(25,26)21-7-10-31(27-21)19-5-4-18-14-28(9-6-17(18)13-19)16-22(32)30-12-11-29-8-2-1-3-20(29)15-30/h4-5,7,10,13,20H,1-3,6,8-9,11-12,14-16H2. The quantitative estimate of drug-likeness (QED) is 0.726. The van der Waals surface area contributed by atoms with Gasteiger partial charge in [-0.05, 0) is 55.1 Å². The summed E-state index contributed by atoms with van der Waals surface area (Å²) in [7, 11) is 0. The van der Waals surface area contributed by atoms with Crippen molar-refractivity contribution >= 4 is 5.91 Å². The average molecular weight is 448 g/mol. The molecule has 0 bridgehead atoms. The molecule has 5 rings (SSSR count). The lowest BCUT2D eigenvalue weighted by molar-refractivity contribution is -0.141. The molecule has 9 heteroatoms. The van der Waals surface area contributed by atoms with Gasteiger partial charge in [0.15, 0.2) is 5.69 Å². The van der Waals surface area contributed by atoms with Crippen LogP contribution in [0.2, 0.25) is 0 Å². The summed E-state index contributed by atoms with van der Waals surface area (Å²) in [5.74, 6) is 0.200. The zero-order chi connectivity index (χ0) is 22.3. The normalized spacial score (nSPS) is 22.5. The fraction of sp³-hybridized carbons (Fsp3) is 0.565. The van der Waals surface area contributed by atoms with E-state index >= 15 is 0 Å². The monoisotopic (exact) mass is 447 g/mol. The van der Waals surface area contributed by atoms with Crippen LogP contribution in [-0.4, -0.2) is 75.7 Å². The average Bonchev–Trinajstić information content (AvgIpc) is 3.29. The van der Waals surface area contributed by atoms with Crippen molar-refractivity contribution in [1.29, 1.82) is 0 Å². The molecule has 2 aromatic rings. The van der Waals surface area contributed by atoms with Crippen molar-refractivity contribution in [3.63, 3.8) is 0 Å². The van der Waals surface area contributed by atoms with Gasteiger partial charge in [0.05, 0.1) is 12.2 Å². The third kappa shape index (κ3) is 4.41. The first-order valence-electron chi connectivity index (χ1n) is 11.4. The number of amides is 1. The van der Waals surface area contributed by atoms with Gasteiger partial charge in [-0.2, -0.15) is 18.3 Å². The summed E-state index contributed by atoms with van der Waals surface area (Å²) < 4.78 is 39.8. The maximum Gasteiger partial charge on any atom is 0.435 e. The second kappa shape index (κ2) is 8.51. The molecule has 0 radical (unpaired) electrons. The van der Waals surface area contributed by atoms with Gasteiger partial charge in [-0.25, -0.2) is 4.68 Å². The molecule has 172 valence electrons. The molecule has 1 aromatic heterocycles. The van der Waals surface area contributed by atoms with Crippen LogP contribution in [0, 0.1) is 0 Å². The number of rotatable bonds is 3. The lowest BCUT2D eigenvalue weighted by Gasteiger charge is -2.44. The minimum atomic E-state index is -4.45. The number of carbonyl (C=O) groups is 1. The molecule has 32 heavy (non-hydrogen) atoms. The number of alkyl halides is 3. The Morgan fingerprint density at radius 1 is 1.06 bits per heavy atom. The highest BCUT2D eigenvalue weighted by Gasteiger charge is 2.34. The number of hydrogen-bond acceptors (Lipinski definition) is 4. The highest BCUT2D eigenvalue weighted by molar-refractivity contribution is 5.78. The van der Waals surface area contributed by atoms with Gasteiger partial charge < -0.3 is 4.90 Å². The van der Waals surface area contributed by atoms with E-state index in [9.17, 15) is 18.0 Å². The van der Waals surface area contributed by atoms with Crippen molar-refractivity contribution in [3.8, 4) is 5.69 Å². The van der Waals surface area contributed by atoms with Crippen LogP contribution < -0.4 is 0 Å². The van der Waals surface area contributed by atoms with Crippen molar-refractivity contribution in [1.82, 2.24) is 24.5 Å². The van der Waals surface area contributed by atoms with Crippen LogP contribution >= 0.6 is 0 Å². The first-order valence-corrected chi connectivity index (χ1v) is 11.4. The van der Waals surface area contributed by atoms with E-state index in [0.717, 1.165) is 56.3 Å². The molecule has 2 fully saturated rings. The summed E-state index contributed by atoms with van der Waals surface area (Å²) in [4.78, 5) is 19.7. The van der Waals surface area contributed by atoms with Crippen molar-refractivity contribution in [2.24, 2.45) is 0 Å². The summed E-state index contributed by atoms with van der Waals surface area (Å²) >= 11 is 0. The van der Waals surface area contributed by atoms with Crippen LogP contribution in [0.5, 0.6) is 0 Å². The Balaban J connectivity index is 1.21. The molecule has 0 saturated carbocycles. The topological polar surface area (TPSA) is 44.6 Å². The molecule has 0 spiro atoms. The van der Waals surface area contributed by atoms with Crippen molar-refractivity contribution < 1.29 is 18.0 Å². The molecular formula is C23H28F3N5O. The number of piperidine rings is 1. The lowest BCUT2D eigenvalue weighted by Crippen LogP contribution is -2.57. The smallest absolute Gasteiger partial charge is 0.339 e. The SMILES string of the molecule is O=C(CN1CCc2cc(-n3ccc(C(F)(F)F)n3)ccc2C1)N1CCN2CCCCC2C1. The minimum Gasteiger partial charge on any atom is -0.339 e. The minimum absolute atomic E-state index is 0.200. The largest absolute Gasteiger partial charge is 0.435 e. The molecule has 2 saturated heterocycles. The number of nitrogens with zero attached hydrogens (tertiary/aromatic N) is 5. The second-order valence-corrected chi connectivity index (χ2v) is 9.08. The highest BCUT2D eigenvalue weighted by atomic mass is 19.4. The van der Waals surface area contributed by atoms with Gasteiger partial charge in [0, 0.05) is 45.0 Å². The summed E-state index contributed by atoms with van der Waals surface area (Å²) in [5, 5.41) is 3.66. The van der Waals surface area contributed by atoms with Gasteiger partial charge in [0.2, 0.25) is 5.91 Å². The van der Waals surface area contributed by atoms with E-state index in [1.54, 1.807) is 6.07 Å². The predicted octanol–water partition coefficient (Wildman–Crippen LogP) is 2.95. The Labute approximate surface area is 185 Å². The van der Waals surface area contributed by atoms with Gasteiger partial charge >= 0.3 is 6.18 Å². The molecule has 6 nitrogen and oxygen atoms in total. The number of hydrogen-bond donors (Lipinski definition) is 0. The van der Waals surface area contributed by atoms with E-state index in [2.05, 4.69) is 14.9 Å². The molecular weight excluding hydrogens is 419 g/mol. The summed E-state index contributed by atoms with van der Waals surface area (Å²) in [6.45, 7) is 5.65. The predicted molar refractivity (Wildman–Crippen MR) is 113 cm³/mol. The fourth-order valence-corrected chi connectivity index (χ4v) is 5.17. The first kappa shape index (κ1) is 21.5. The van der Waals surface area contributed by atoms with Crippen LogP contribution in [0.1, 0.15) is 36.1 Å². The Hall–Kier alpha value is -2.39. The van der Waals surface area contributed by atoms with Crippen LogP contribution in [0.25, 0.3) is 5.69 Å². The second-order valence-electron chi connectivity index (χ2n) is 9.08. The lowest BCUT2D eigenvalue weighted by atomic mass is 9.98. The number of halogens is 3. The zero-order valence-electron chi connectivity index (χ0n) is 18.0. The summed E-state index contributed by atoms with van der Waals surface area (Å²) in [6, 6.07) is 7.14. The Bertz CT molecular complexity index is 988. The van der Waals surface area contributed by atoms with E-state index in [4.69, 9.17) is 0 Å². The van der Waals surface area contributed by atoms with Gasteiger partial charge in [-0.15, -0.1) is 0 Å². The number of benzene rings is 1. The fourth-order valence-electron chi connectivity index (χ4n) is 5.17. The molecule has 3 aliphatic rings. The molecule has 0 aliphatic carbocycles. The molecule has 0 N–H and O–H groups in total. The molecule has 1 aromatic carbocycles. The molecule has 1 unspecified atom stereocenters. The van der Waals surface area contributed by atoms with Crippen LogP contribution in [0.3, 0.4) is 0 Å². The van der Waals surface area contributed by atoms with Gasteiger partial charge in [-0.3, -0.25) is 14.6 Å². The van der Waals surface area contributed by atoms with Crippen LogP contribution in [0.4, 0.5) is 13.2 Å². The van der Waals surface area contributed by atoms with Crippen molar-refractivity contribution in [3.05, 3.63) is 47.3 Å². The Morgan fingerprint density at radius 2 is 1.94 bits per heavy atom. The number of carbonyl (C=O) groups excluding carboxylic acids is 1. The molecule has 3 aliphatic heterocycles. The van der Waals surface area contributed by atoms with Gasteiger partial charge in [-0.1, -0.05) is 12.5 Å². The third-order valence-electron chi connectivity index (χ3n) is 6.97. The molecule has 4 heterocycles. The van der Waals surface area contributed by atoms with Gasteiger partial charge in [0.1, 0.15) is 0 Å². The molecule has 1 amide bonds. The number of fused-ring (bicyclic) bond motifs is 2. The van der Waals surface area contributed by atoms with E-state index in [1.165, 1.54) is 30.1 Å². The Kier molecular flexibility index (Phi) is 5.71. The van der Waals surface area contributed by atoms with E-state index in [-0.39, 0.29) is 5.91 Å². The van der Waals surface area contributed by atoms with E-state index in [0.29, 0.717) is 24.8 Å². The third-order valence-corrected chi connectivity index (χ3v) is 6.97. The summed E-state index contributed by atoms with van der Waals surface area (Å²) in [5.41, 5.74) is 1.95. The first-order chi connectivity index (χ1) is 15.4. The van der Waals surface area contributed by atoms with E-state index in [1.807, 2.05) is 17.0 Å². The number of piperazine rings is 1. The molecule has 1 atom stereocenters. The van der Waals surface area contributed by atoms with Crippen LogP contribution in [0.15, 0.2) is 30.5 Å². The zero-order valence-corrected chi connectivity index (χ0v) is 18.0. The number of aromatic nitrogens is 2. The van der Waals surface area contributed by atoms with Crippen LogP contribution in [-0.2, 0) is 23.9 Å².